The van der Waals surface area contributed by atoms with Crippen LogP contribution in [0.1, 0.15) is 51.5 Å². The summed E-state index contributed by atoms with van der Waals surface area (Å²) in [5.74, 6) is -0.198. The average molecular weight is 528 g/mol. The van der Waals surface area contributed by atoms with Gasteiger partial charge in [-0.2, -0.15) is 4.31 Å². The Balaban J connectivity index is 1.44. The first-order valence-electron chi connectivity index (χ1n) is 12.0. The lowest BCUT2D eigenvalue weighted by Gasteiger charge is -2.34. The highest BCUT2D eigenvalue weighted by Gasteiger charge is 2.27. The van der Waals surface area contributed by atoms with Crippen molar-refractivity contribution in [3.05, 3.63) is 52.1 Å². The molecule has 0 unspecified atom stereocenters. The van der Waals surface area contributed by atoms with Crippen molar-refractivity contribution >= 4 is 55.2 Å². The van der Waals surface area contributed by atoms with E-state index < -0.39 is 15.9 Å². The summed E-state index contributed by atoms with van der Waals surface area (Å²) < 4.78 is 25.2. The molecule has 2 aromatic heterocycles. The van der Waals surface area contributed by atoms with Gasteiger partial charge in [0.25, 0.3) is 5.91 Å². The molecule has 2 aliphatic rings. The molecule has 1 atom stereocenters. The van der Waals surface area contributed by atoms with Gasteiger partial charge >= 0.3 is 0 Å². The minimum absolute atomic E-state index is 0.0855. The largest absolute Gasteiger partial charge is 0.371 e. The zero-order chi connectivity index (χ0) is 25.4. The second-order valence-electron chi connectivity index (χ2n) is 9.49. The minimum atomic E-state index is -3.24. The molecule has 2 aliphatic heterocycles. The molecular formula is C25H29N5O4S2. The van der Waals surface area contributed by atoms with Crippen LogP contribution in [0.5, 0.6) is 0 Å². The van der Waals surface area contributed by atoms with E-state index in [0.29, 0.717) is 42.0 Å². The minimum Gasteiger partial charge on any atom is -0.371 e. The van der Waals surface area contributed by atoms with Crippen molar-refractivity contribution in [2.24, 2.45) is 11.7 Å². The number of ketones is 1. The summed E-state index contributed by atoms with van der Waals surface area (Å²) in [6, 6.07) is 5.72. The fourth-order valence-corrected chi connectivity index (χ4v) is 6.57. The molecular weight excluding hydrogens is 498 g/mol. The van der Waals surface area contributed by atoms with Gasteiger partial charge in [0.1, 0.15) is 0 Å². The van der Waals surface area contributed by atoms with E-state index in [9.17, 15) is 18.0 Å². The first-order chi connectivity index (χ1) is 17.2. The van der Waals surface area contributed by atoms with Crippen molar-refractivity contribution in [3.8, 4) is 0 Å². The molecule has 1 aromatic carbocycles. The molecule has 3 N–H and O–H groups in total. The van der Waals surface area contributed by atoms with Crippen LogP contribution in [0.3, 0.4) is 0 Å². The summed E-state index contributed by atoms with van der Waals surface area (Å²) in [5, 5.41) is 3.28. The highest BCUT2D eigenvalue weighted by molar-refractivity contribution is 7.88. The van der Waals surface area contributed by atoms with Gasteiger partial charge in [0.15, 0.2) is 10.8 Å². The van der Waals surface area contributed by atoms with Crippen molar-refractivity contribution in [1.82, 2.24) is 14.3 Å². The molecule has 11 heteroatoms. The van der Waals surface area contributed by atoms with Gasteiger partial charge in [-0.3, -0.25) is 9.59 Å². The van der Waals surface area contributed by atoms with E-state index in [0.717, 1.165) is 48.3 Å². The monoisotopic (exact) mass is 527 g/mol. The maximum Gasteiger partial charge on any atom is 0.250 e. The number of nitrogens with zero attached hydrogens (tertiary/aromatic N) is 3. The Labute approximate surface area is 214 Å². The highest BCUT2D eigenvalue weighted by atomic mass is 32.2. The van der Waals surface area contributed by atoms with Gasteiger partial charge in [0.05, 0.1) is 17.3 Å². The quantitative estimate of drug-likeness (QED) is 0.454. The zero-order valence-corrected chi connectivity index (χ0v) is 21.7. The fourth-order valence-electron chi connectivity index (χ4n) is 5.22. The molecule has 4 heterocycles. The van der Waals surface area contributed by atoms with Crippen LogP contribution in [-0.2, 0) is 10.0 Å². The van der Waals surface area contributed by atoms with Gasteiger partial charge in [-0.1, -0.05) is 6.08 Å². The van der Waals surface area contributed by atoms with E-state index >= 15 is 0 Å². The number of anilines is 1. The van der Waals surface area contributed by atoms with Crippen molar-refractivity contribution in [1.29, 1.82) is 0 Å². The number of aromatic amines is 1. The van der Waals surface area contributed by atoms with Crippen LogP contribution in [0.2, 0.25) is 0 Å². The number of primary amides is 1. The number of rotatable bonds is 7. The second kappa shape index (κ2) is 9.79. The molecule has 5 rings (SSSR count). The standard InChI is InChI=1S/C25H29N5O4S2/c1-36(33,34)30-10-6-17(7-11-30)20-14-19-21(5-4-18(24(26)32)23(19)28-20)29-9-2-3-16(15-29)13-22(31)25-27-8-12-35-25/h4-6,8,12,14,16,28H,2-3,7,9-11,13,15H2,1H3,(H2,26,32)/t16-/m0/s1. The number of carbonyl (C=O) groups is 2. The lowest BCUT2D eigenvalue weighted by molar-refractivity contribution is 0.0954. The molecule has 1 amide bonds. The lowest BCUT2D eigenvalue weighted by atomic mass is 9.92. The maximum absolute atomic E-state index is 12.6. The maximum atomic E-state index is 12.6. The topological polar surface area (TPSA) is 129 Å². The van der Waals surface area contributed by atoms with E-state index in [1.165, 1.54) is 21.9 Å². The molecule has 3 aromatic rings. The number of thiazole rings is 1. The third-order valence-corrected chi connectivity index (χ3v) is 9.11. The van der Waals surface area contributed by atoms with Crippen LogP contribution in [0.25, 0.3) is 16.5 Å². The summed E-state index contributed by atoms with van der Waals surface area (Å²) in [6.07, 6.45) is 7.79. The number of hydrogen-bond acceptors (Lipinski definition) is 7. The van der Waals surface area contributed by atoms with Crippen molar-refractivity contribution in [2.45, 2.75) is 25.7 Å². The number of benzene rings is 1. The van der Waals surface area contributed by atoms with E-state index in [2.05, 4.69) is 14.9 Å². The molecule has 0 spiro atoms. The molecule has 0 bridgehead atoms. The van der Waals surface area contributed by atoms with Gasteiger partial charge in [-0.15, -0.1) is 11.3 Å². The van der Waals surface area contributed by atoms with Gasteiger partial charge in [0.2, 0.25) is 10.0 Å². The Morgan fingerprint density at radius 2 is 2.11 bits per heavy atom. The summed E-state index contributed by atoms with van der Waals surface area (Å²) in [5.41, 5.74) is 9.66. The molecule has 0 radical (unpaired) electrons. The number of nitrogens with two attached hydrogens (primary N) is 1. The van der Waals surface area contributed by atoms with Gasteiger partial charge in [-0.05, 0) is 49.0 Å². The number of sulfonamides is 1. The Morgan fingerprint density at radius 1 is 1.28 bits per heavy atom. The number of hydrogen-bond donors (Lipinski definition) is 2. The first-order valence-corrected chi connectivity index (χ1v) is 14.7. The molecule has 36 heavy (non-hydrogen) atoms. The van der Waals surface area contributed by atoms with Gasteiger partial charge < -0.3 is 15.6 Å². The van der Waals surface area contributed by atoms with Crippen LogP contribution in [-0.4, -0.2) is 66.8 Å². The molecule has 1 fully saturated rings. The number of Topliss-reactive ketones (excluding diaryl/α,β-unsaturated/α-hetero) is 1. The van der Waals surface area contributed by atoms with E-state index in [1.54, 1.807) is 12.3 Å². The number of carbonyl (C=O) groups excluding carboxylic acids is 2. The molecule has 0 aliphatic carbocycles. The number of amides is 1. The number of nitrogens with one attached hydrogen (secondary N) is 1. The average Bonchev–Trinajstić information content (AvgIpc) is 3.54. The Morgan fingerprint density at radius 3 is 2.78 bits per heavy atom. The number of fused-ring (bicyclic) bond motifs is 1. The van der Waals surface area contributed by atoms with Crippen molar-refractivity contribution in [3.63, 3.8) is 0 Å². The third-order valence-electron chi connectivity index (χ3n) is 7.03. The van der Waals surface area contributed by atoms with Crippen molar-refractivity contribution < 1.29 is 18.0 Å². The third kappa shape index (κ3) is 4.95. The fraction of sp³-hybridized carbons (Fsp3) is 0.400. The smallest absolute Gasteiger partial charge is 0.250 e. The van der Waals surface area contributed by atoms with E-state index in [4.69, 9.17) is 5.73 Å². The Hall–Kier alpha value is -3.02. The number of aromatic nitrogens is 2. The molecule has 9 nitrogen and oxygen atoms in total. The van der Waals surface area contributed by atoms with E-state index in [-0.39, 0.29) is 11.7 Å². The second-order valence-corrected chi connectivity index (χ2v) is 12.4. The summed E-state index contributed by atoms with van der Waals surface area (Å²) in [7, 11) is -3.24. The predicted molar refractivity (Wildman–Crippen MR) is 142 cm³/mol. The van der Waals surface area contributed by atoms with E-state index in [1.807, 2.05) is 23.6 Å². The summed E-state index contributed by atoms with van der Waals surface area (Å²) in [6.45, 7) is 2.34. The van der Waals surface area contributed by atoms with Crippen LogP contribution in [0.4, 0.5) is 5.69 Å². The Kier molecular flexibility index (Phi) is 6.71. The predicted octanol–water partition coefficient (Wildman–Crippen LogP) is 3.26. The normalized spacial score (nSPS) is 19.4. The lowest BCUT2D eigenvalue weighted by Crippen LogP contribution is -2.36. The number of piperidine rings is 1. The van der Waals surface area contributed by atoms with Crippen molar-refractivity contribution in [2.75, 3.05) is 37.3 Å². The van der Waals surface area contributed by atoms with Crippen LogP contribution in [0, 0.1) is 5.92 Å². The first kappa shape index (κ1) is 24.7. The Bertz CT molecular complexity index is 1440. The van der Waals surface area contributed by atoms with Crippen LogP contribution >= 0.6 is 11.3 Å². The van der Waals surface area contributed by atoms with Crippen LogP contribution < -0.4 is 10.6 Å². The summed E-state index contributed by atoms with van der Waals surface area (Å²) in [4.78, 5) is 34.7. The van der Waals surface area contributed by atoms with Gasteiger partial charge in [-0.25, -0.2) is 13.4 Å². The van der Waals surface area contributed by atoms with Gasteiger partial charge in [0, 0.05) is 60.9 Å². The molecule has 1 saturated heterocycles. The van der Waals surface area contributed by atoms with Crippen LogP contribution in [0.15, 0.2) is 35.9 Å². The SMILES string of the molecule is CS(=O)(=O)N1CC=C(c2cc3c(N4CCC[C@@H](CC(=O)c5nccs5)C4)ccc(C(N)=O)c3[nH]2)CC1. The highest BCUT2D eigenvalue weighted by Crippen LogP contribution is 2.36. The molecule has 0 saturated carbocycles. The summed E-state index contributed by atoms with van der Waals surface area (Å²) >= 11 is 1.38. The number of H-pyrrole nitrogens is 1. The zero-order valence-electron chi connectivity index (χ0n) is 20.1. The molecule has 190 valence electrons.